The fourth-order valence-electron chi connectivity index (χ4n) is 4.93. The second kappa shape index (κ2) is 14.8. The SMILES string of the molecule is COc1ccc(S(=O)(=O)N(CC(=O)N(Cc2ccc(C)cc2)[C@@H](Cc2ccccc2)C(=O)NC(C)(C)C)c2cccc(Cl)c2)cc1. The van der Waals surface area contributed by atoms with Crippen LogP contribution in [0.15, 0.2) is 108 Å². The summed E-state index contributed by atoms with van der Waals surface area (Å²) in [6, 6.07) is 28.4. The lowest BCUT2D eigenvalue weighted by atomic mass is 10.0. The second-order valence-corrected chi connectivity index (χ2v) is 14.4. The first-order chi connectivity index (χ1) is 21.8. The molecule has 0 aliphatic rings. The van der Waals surface area contributed by atoms with Gasteiger partial charge < -0.3 is 15.0 Å². The standard InChI is InChI=1S/C36H40ClN3O5S/c1-26-14-16-28(17-15-26)24-39(33(35(42)38-36(2,3)4)22-27-10-7-6-8-11-27)34(41)25-40(30-13-9-12-29(37)23-30)46(43,44)32-20-18-31(45-5)19-21-32/h6-21,23,33H,22,24-25H2,1-5H3,(H,38,42)/t33-/m0/s1. The molecule has 0 fully saturated rings. The summed E-state index contributed by atoms with van der Waals surface area (Å²) in [6.45, 7) is 7.10. The highest BCUT2D eigenvalue weighted by molar-refractivity contribution is 7.92. The Morgan fingerprint density at radius 2 is 1.52 bits per heavy atom. The molecule has 4 rings (SSSR count). The maximum Gasteiger partial charge on any atom is 0.264 e. The van der Waals surface area contributed by atoms with Crippen molar-refractivity contribution in [2.45, 2.75) is 57.1 Å². The Morgan fingerprint density at radius 1 is 0.870 bits per heavy atom. The first-order valence-corrected chi connectivity index (χ1v) is 16.7. The molecule has 0 aliphatic carbocycles. The lowest BCUT2D eigenvalue weighted by Crippen LogP contribution is -2.56. The molecule has 1 atom stereocenters. The number of nitrogens with one attached hydrogen (secondary N) is 1. The number of amides is 2. The Hall–Kier alpha value is -4.34. The van der Waals surface area contributed by atoms with Crippen molar-refractivity contribution < 1.29 is 22.7 Å². The van der Waals surface area contributed by atoms with Gasteiger partial charge in [-0.25, -0.2) is 8.42 Å². The molecule has 2 amide bonds. The zero-order valence-electron chi connectivity index (χ0n) is 26.7. The summed E-state index contributed by atoms with van der Waals surface area (Å²) in [6.07, 6.45) is 0.225. The first-order valence-electron chi connectivity index (χ1n) is 14.9. The van der Waals surface area contributed by atoms with Crippen LogP contribution >= 0.6 is 11.6 Å². The number of aryl methyl sites for hydroxylation is 1. The highest BCUT2D eigenvalue weighted by Crippen LogP contribution is 2.28. The van der Waals surface area contributed by atoms with Crippen LogP contribution in [-0.4, -0.2) is 50.4 Å². The lowest BCUT2D eigenvalue weighted by Gasteiger charge is -2.35. The van der Waals surface area contributed by atoms with Crippen molar-refractivity contribution in [3.8, 4) is 5.75 Å². The van der Waals surface area contributed by atoms with Gasteiger partial charge in [-0.1, -0.05) is 77.8 Å². The summed E-state index contributed by atoms with van der Waals surface area (Å²) in [4.78, 5) is 30.0. The van der Waals surface area contributed by atoms with Crippen LogP contribution in [0, 0.1) is 6.92 Å². The molecule has 0 radical (unpaired) electrons. The van der Waals surface area contributed by atoms with E-state index in [0.717, 1.165) is 21.0 Å². The number of hydrogen-bond donors (Lipinski definition) is 1. The van der Waals surface area contributed by atoms with Crippen molar-refractivity contribution in [2.75, 3.05) is 18.0 Å². The molecule has 0 bridgehead atoms. The predicted octanol–water partition coefficient (Wildman–Crippen LogP) is 6.41. The van der Waals surface area contributed by atoms with Crippen molar-refractivity contribution in [1.29, 1.82) is 0 Å². The van der Waals surface area contributed by atoms with Crippen LogP contribution in [0.1, 0.15) is 37.5 Å². The molecule has 4 aromatic carbocycles. The number of sulfonamides is 1. The summed E-state index contributed by atoms with van der Waals surface area (Å²) in [7, 11) is -2.77. The van der Waals surface area contributed by atoms with Crippen LogP contribution in [0.25, 0.3) is 0 Å². The second-order valence-electron chi connectivity index (χ2n) is 12.1. The fraction of sp³-hybridized carbons (Fsp3) is 0.278. The number of carbonyl (C=O) groups excluding carboxylic acids is 2. The monoisotopic (exact) mass is 661 g/mol. The zero-order valence-corrected chi connectivity index (χ0v) is 28.3. The number of benzene rings is 4. The highest BCUT2D eigenvalue weighted by Gasteiger charge is 2.35. The van der Waals surface area contributed by atoms with Gasteiger partial charge in [0.2, 0.25) is 11.8 Å². The number of ether oxygens (including phenoxy) is 1. The summed E-state index contributed by atoms with van der Waals surface area (Å²) in [5.41, 5.74) is 2.34. The molecule has 0 saturated heterocycles. The van der Waals surface area contributed by atoms with Gasteiger partial charge in [0.25, 0.3) is 10.0 Å². The van der Waals surface area contributed by atoms with E-state index in [1.165, 1.54) is 30.2 Å². The van der Waals surface area contributed by atoms with Crippen LogP contribution in [0.2, 0.25) is 5.02 Å². The van der Waals surface area contributed by atoms with E-state index in [0.29, 0.717) is 10.8 Å². The molecule has 46 heavy (non-hydrogen) atoms. The summed E-state index contributed by atoms with van der Waals surface area (Å²) in [5, 5.41) is 3.34. The number of nitrogens with zero attached hydrogens (tertiary/aromatic N) is 2. The van der Waals surface area contributed by atoms with E-state index >= 15 is 0 Å². The quantitative estimate of drug-likeness (QED) is 0.189. The van der Waals surface area contributed by atoms with Crippen molar-refractivity contribution in [3.63, 3.8) is 0 Å². The van der Waals surface area contributed by atoms with Crippen LogP contribution in [0.5, 0.6) is 5.75 Å². The molecule has 8 nitrogen and oxygen atoms in total. The number of hydrogen-bond acceptors (Lipinski definition) is 5. The molecular formula is C36H40ClN3O5S. The molecule has 0 heterocycles. The Bertz CT molecular complexity index is 1740. The van der Waals surface area contributed by atoms with Crippen LogP contribution in [-0.2, 0) is 32.6 Å². The van der Waals surface area contributed by atoms with Crippen LogP contribution < -0.4 is 14.4 Å². The lowest BCUT2D eigenvalue weighted by molar-refractivity contribution is -0.140. The number of rotatable bonds is 12. The Balaban J connectivity index is 1.81. The van der Waals surface area contributed by atoms with E-state index in [1.807, 2.05) is 82.3 Å². The van der Waals surface area contributed by atoms with Gasteiger partial charge in [0.1, 0.15) is 18.3 Å². The van der Waals surface area contributed by atoms with E-state index in [4.69, 9.17) is 16.3 Å². The zero-order chi connectivity index (χ0) is 33.5. The maximum atomic E-state index is 14.6. The largest absolute Gasteiger partial charge is 0.497 e. The smallest absolute Gasteiger partial charge is 0.264 e. The van der Waals surface area contributed by atoms with Crippen molar-refractivity contribution in [1.82, 2.24) is 10.2 Å². The fourth-order valence-corrected chi connectivity index (χ4v) is 6.52. The topological polar surface area (TPSA) is 96.0 Å². The molecule has 0 unspecified atom stereocenters. The van der Waals surface area contributed by atoms with Gasteiger partial charge in [0.15, 0.2) is 0 Å². The molecular weight excluding hydrogens is 622 g/mol. The molecule has 242 valence electrons. The average Bonchev–Trinajstić information content (AvgIpc) is 3.02. The van der Waals surface area contributed by atoms with Crippen LogP contribution in [0.3, 0.4) is 0 Å². The number of anilines is 1. The minimum Gasteiger partial charge on any atom is -0.497 e. The summed E-state index contributed by atoms with van der Waals surface area (Å²) < 4.78 is 34.6. The van der Waals surface area contributed by atoms with Gasteiger partial charge in [-0.3, -0.25) is 13.9 Å². The van der Waals surface area contributed by atoms with Gasteiger partial charge in [0.05, 0.1) is 17.7 Å². The van der Waals surface area contributed by atoms with Crippen molar-refractivity contribution in [2.24, 2.45) is 0 Å². The van der Waals surface area contributed by atoms with Gasteiger partial charge in [-0.15, -0.1) is 0 Å². The third-order valence-electron chi connectivity index (χ3n) is 7.27. The first kappa shape index (κ1) is 34.5. The maximum absolute atomic E-state index is 14.6. The highest BCUT2D eigenvalue weighted by atomic mass is 35.5. The molecule has 0 aliphatic heterocycles. The van der Waals surface area contributed by atoms with E-state index in [9.17, 15) is 18.0 Å². The van der Waals surface area contributed by atoms with Crippen molar-refractivity contribution in [3.05, 3.63) is 125 Å². The van der Waals surface area contributed by atoms with E-state index < -0.39 is 34.1 Å². The Kier molecular flexibility index (Phi) is 11.1. The average molecular weight is 662 g/mol. The normalized spacial score (nSPS) is 12.2. The van der Waals surface area contributed by atoms with Gasteiger partial charge in [-0.2, -0.15) is 0 Å². The van der Waals surface area contributed by atoms with Gasteiger partial charge in [0, 0.05) is 23.5 Å². The van der Waals surface area contributed by atoms with Gasteiger partial charge in [-0.05, 0) is 81.3 Å². The molecule has 0 spiro atoms. The molecule has 1 N–H and O–H groups in total. The minimum absolute atomic E-state index is 0.0301. The van der Waals surface area contributed by atoms with Crippen LogP contribution in [0.4, 0.5) is 5.69 Å². The summed E-state index contributed by atoms with van der Waals surface area (Å²) >= 11 is 6.30. The third-order valence-corrected chi connectivity index (χ3v) is 9.29. The van der Waals surface area contributed by atoms with Gasteiger partial charge >= 0.3 is 0 Å². The van der Waals surface area contributed by atoms with Crippen molar-refractivity contribution >= 4 is 39.1 Å². The molecule has 0 aromatic heterocycles. The number of methoxy groups -OCH3 is 1. The molecule has 10 heteroatoms. The predicted molar refractivity (Wildman–Crippen MR) is 183 cm³/mol. The Morgan fingerprint density at radius 3 is 2.11 bits per heavy atom. The molecule has 0 saturated carbocycles. The molecule has 4 aromatic rings. The minimum atomic E-state index is -4.27. The summed E-state index contributed by atoms with van der Waals surface area (Å²) in [5.74, 6) is -0.408. The van der Waals surface area contributed by atoms with E-state index in [2.05, 4.69) is 5.32 Å². The van der Waals surface area contributed by atoms with E-state index in [1.54, 1.807) is 30.3 Å². The number of carbonyl (C=O) groups is 2. The number of halogens is 1. The third kappa shape index (κ3) is 9.11. The van der Waals surface area contributed by atoms with E-state index in [-0.39, 0.29) is 29.5 Å². The Labute approximate surface area is 277 Å².